The smallest absolute Gasteiger partial charge is 0.261 e. The van der Waals surface area contributed by atoms with Crippen molar-refractivity contribution in [3.63, 3.8) is 0 Å². The molecule has 1 aromatic carbocycles. The Morgan fingerprint density at radius 2 is 1.89 bits per heavy atom. The summed E-state index contributed by atoms with van der Waals surface area (Å²) in [7, 11) is 0. The third-order valence-electron chi connectivity index (χ3n) is 6.98. The van der Waals surface area contributed by atoms with Crippen molar-refractivity contribution in [2.45, 2.75) is 38.3 Å². The largest absolute Gasteiger partial charge is 0.378 e. The molecule has 150 valence electrons. The average Bonchev–Trinajstić information content (AvgIpc) is 3.15. The molecule has 4 aliphatic rings. The van der Waals surface area contributed by atoms with Crippen molar-refractivity contribution < 1.29 is 9.53 Å². The zero-order valence-corrected chi connectivity index (χ0v) is 17.6. The van der Waals surface area contributed by atoms with Gasteiger partial charge in [-0.05, 0) is 69.3 Å². The lowest BCUT2D eigenvalue weighted by molar-refractivity contribution is -0.0377. The molecule has 0 radical (unpaired) electrons. The van der Waals surface area contributed by atoms with E-state index in [1.54, 1.807) is 11.3 Å². The van der Waals surface area contributed by atoms with Crippen molar-refractivity contribution in [3.8, 4) is 0 Å². The topological polar surface area (TPSA) is 44.8 Å². The number of ether oxygens (including phenoxy) is 1. The highest BCUT2D eigenvalue weighted by Gasteiger charge is 2.48. The molecule has 0 spiro atoms. The highest BCUT2D eigenvalue weighted by Crippen LogP contribution is 2.39. The fourth-order valence-electron chi connectivity index (χ4n) is 5.24. The van der Waals surface area contributed by atoms with Crippen LogP contribution in [0.1, 0.15) is 36.4 Å². The number of fused-ring (bicyclic) bond motifs is 4. The van der Waals surface area contributed by atoms with Gasteiger partial charge in [0.05, 0.1) is 18.1 Å². The summed E-state index contributed by atoms with van der Waals surface area (Å²) in [5, 5.41) is 4.55. The van der Waals surface area contributed by atoms with Crippen molar-refractivity contribution in [2.75, 3.05) is 44.3 Å². The Labute approximate surface area is 170 Å². The van der Waals surface area contributed by atoms with Crippen LogP contribution in [0.25, 0.3) is 10.1 Å². The summed E-state index contributed by atoms with van der Waals surface area (Å²) in [5.74, 6) is 0.687. The van der Waals surface area contributed by atoms with Crippen molar-refractivity contribution in [2.24, 2.45) is 5.92 Å². The van der Waals surface area contributed by atoms with E-state index in [2.05, 4.69) is 47.2 Å². The molecule has 28 heavy (non-hydrogen) atoms. The SMILES string of the molecule is CC1(C)[C@H](NC(=O)c2cc3ccc(N4CCOCC4)cc3s2)C2CCN1CC2. The van der Waals surface area contributed by atoms with Crippen LogP contribution < -0.4 is 10.2 Å². The van der Waals surface area contributed by atoms with Crippen molar-refractivity contribution >= 4 is 33.0 Å². The van der Waals surface area contributed by atoms with Crippen LogP contribution in [-0.4, -0.2) is 61.8 Å². The first-order chi connectivity index (χ1) is 13.5. The van der Waals surface area contributed by atoms with Gasteiger partial charge in [-0.25, -0.2) is 0 Å². The van der Waals surface area contributed by atoms with Gasteiger partial charge < -0.3 is 15.0 Å². The maximum absolute atomic E-state index is 13.1. The molecule has 4 saturated heterocycles. The van der Waals surface area contributed by atoms with Gasteiger partial charge in [-0.15, -0.1) is 11.3 Å². The quantitative estimate of drug-likeness (QED) is 0.860. The van der Waals surface area contributed by atoms with Crippen LogP contribution in [0.3, 0.4) is 0 Å². The summed E-state index contributed by atoms with van der Waals surface area (Å²) in [5.41, 5.74) is 1.26. The maximum atomic E-state index is 13.1. The number of hydrogen-bond donors (Lipinski definition) is 1. The van der Waals surface area contributed by atoms with Crippen LogP contribution in [0, 0.1) is 5.92 Å². The zero-order chi connectivity index (χ0) is 19.3. The number of morpholine rings is 1. The fraction of sp³-hybridized carbons (Fsp3) is 0.591. The summed E-state index contributed by atoms with van der Waals surface area (Å²) in [6, 6.07) is 8.81. The number of carbonyl (C=O) groups is 1. The van der Waals surface area contributed by atoms with Crippen LogP contribution in [0.15, 0.2) is 24.3 Å². The van der Waals surface area contributed by atoms with Gasteiger partial charge in [0.15, 0.2) is 0 Å². The normalized spacial score (nSPS) is 29.2. The Morgan fingerprint density at radius 1 is 1.14 bits per heavy atom. The minimum Gasteiger partial charge on any atom is -0.378 e. The molecular weight excluding hydrogens is 370 g/mol. The Kier molecular flexibility index (Phi) is 4.61. The second-order valence-electron chi connectivity index (χ2n) is 8.86. The highest BCUT2D eigenvalue weighted by atomic mass is 32.1. The number of carbonyl (C=O) groups excluding carboxylic acids is 1. The van der Waals surface area contributed by atoms with E-state index in [1.807, 2.05) is 6.07 Å². The van der Waals surface area contributed by atoms with Gasteiger partial charge in [-0.3, -0.25) is 9.69 Å². The molecule has 1 atom stereocenters. The molecule has 2 aromatic rings. The standard InChI is InChI=1S/C22H29N3O2S/c1-22(2)20(15-5-7-25(22)8-6-15)23-21(26)19-13-16-3-4-17(14-18(16)28-19)24-9-11-27-12-10-24/h3-4,13-15,20H,5-12H2,1-2H3,(H,23,26)/t20-/m1/s1. The van der Waals surface area contributed by atoms with Gasteiger partial charge in [0.25, 0.3) is 5.91 Å². The number of anilines is 1. The molecule has 5 heterocycles. The number of nitrogens with one attached hydrogen (secondary N) is 1. The van der Waals surface area contributed by atoms with E-state index in [1.165, 1.54) is 23.2 Å². The third-order valence-corrected chi connectivity index (χ3v) is 8.07. The van der Waals surface area contributed by atoms with Gasteiger partial charge >= 0.3 is 0 Å². The van der Waals surface area contributed by atoms with Crippen molar-refractivity contribution in [1.82, 2.24) is 10.2 Å². The lowest BCUT2D eigenvalue weighted by Crippen LogP contribution is -2.69. The van der Waals surface area contributed by atoms with Crippen molar-refractivity contribution in [1.29, 1.82) is 0 Å². The van der Waals surface area contributed by atoms with Gasteiger partial charge in [0.2, 0.25) is 0 Å². The Hall–Kier alpha value is -1.63. The fourth-order valence-corrected chi connectivity index (χ4v) is 6.24. The molecule has 4 aliphatic heterocycles. The second kappa shape index (κ2) is 7.01. The van der Waals surface area contributed by atoms with Crippen LogP contribution in [0.5, 0.6) is 0 Å². The summed E-state index contributed by atoms with van der Waals surface area (Å²) >= 11 is 1.61. The molecule has 6 heteroatoms. The molecule has 4 fully saturated rings. The van der Waals surface area contributed by atoms with E-state index in [-0.39, 0.29) is 17.5 Å². The predicted octanol–water partition coefficient (Wildman–Crippen LogP) is 3.34. The molecule has 2 bridgehead atoms. The first-order valence-electron chi connectivity index (χ1n) is 10.4. The van der Waals surface area contributed by atoms with Crippen LogP contribution in [0.2, 0.25) is 0 Å². The van der Waals surface area contributed by atoms with Crippen LogP contribution >= 0.6 is 11.3 Å². The lowest BCUT2D eigenvalue weighted by Gasteiger charge is -2.56. The van der Waals surface area contributed by atoms with Crippen LogP contribution in [-0.2, 0) is 4.74 Å². The molecular formula is C22H29N3O2S. The zero-order valence-electron chi connectivity index (χ0n) is 16.7. The Bertz CT molecular complexity index is 879. The van der Waals surface area contributed by atoms with E-state index in [4.69, 9.17) is 4.74 Å². The van der Waals surface area contributed by atoms with E-state index >= 15 is 0 Å². The lowest BCUT2D eigenvalue weighted by atomic mass is 9.72. The molecule has 1 aromatic heterocycles. The monoisotopic (exact) mass is 399 g/mol. The van der Waals surface area contributed by atoms with Gasteiger partial charge in [0, 0.05) is 35.1 Å². The Balaban J connectivity index is 1.36. The van der Waals surface area contributed by atoms with Crippen molar-refractivity contribution in [3.05, 3.63) is 29.1 Å². The molecule has 0 aliphatic carbocycles. The number of nitrogens with zero attached hydrogens (tertiary/aromatic N) is 2. The molecule has 0 unspecified atom stereocenters. The molecule has 1 amide bonds. The predicted molar refractivity (Wildman–Crippen MR) is 114 cm³/mol. The van der Waals surface area contributed by atoms with E-state index in [0.29, 0.717) is 5.92 Å². The second-order valence-corrected chi connectivity index (χ2v) is 9.95. The van der Waals surface area contributed by atoms with E-state index < -0.39 is 0 Å². The molecule has 1 N–H and O–H groups in total. The number of rotatable bonds is 3. The molecule has 6 rings (SSSR count). The van der Waals surface area contributed by atoms with E-state index in [9.17, 15) is 4.79 Å². The third kappa shape index (κ3) is 3.11. The van der Waals surface area contributed by atoms with Crippen LogP contribution in [0.4, 0.5) is 5.69 Å². The number of thiophene rings is 1. The minimum absolute atomic E-state index is 0.0387. The summed E-state index contributed by atoms with van der Waals surface area (Å²) < 4.78 is 6.64. The number of benzene rings is 1. The summed E-state index contributed by atoms with van der Waals surface area (Å²) in [6.45, 7) is 10.3. The summed E-state index contributed by atoms with van der Waals surface area (Å²) in [4.78, 5) is 18.8. The van der Waals surface area contributed by atoms with Gasteiger partial charge in [0.1, 0.15) is 0 Å². The molecule has 5 nitrogen and oxygen atoms in total. The van der Waals surface area contributed by atoms with Gasteiger partial charge in [-0.1, -0.05) is 6.07 Å². The highest BCUT2D eigenvalue weighted by molar-refractivity contribution is 7.20. The Morgan fingerprint density at radius 3 is 2.61 bits per heavy atom. The minimum atomic E-state index is 0.0387. The maximum Gasteiger partial charge on any atom is 0.261 e. The van der Waals surface area contributed by atoms with Gasteiger partial charge in [-0.2, -0.15) is 0 Å². The first kappa shape index (κ1) is 18.4. The number of hydrogen-bond acceptors (Lipinski definition) is 5. The molecule has 0 saturated carbocycles. The first-order valence-corrected chi connectivity index (χ1v) is 11.3. The average molecular weight is 400 g/mol. The number of amides is 1. The summed E-state index contributed by atoms with van der Waals surface area (Å²) in [6.07, 6.45) is 2.40. The van der Waals surface area contributed by atoms with E-state index in [0.717, 1.165) is 49.7 Å². The number of piperidine rings is 3.